The second-order valence-electron chi connectivity index (χ2n) is 6.79. The summed E-state index contributed by atoms with van der Waals surface area (Å²) in [4.78, 5) is 38.7. The van der Waals surface area contributed by atoms with Gasteiger partial charge in [-0.05, 0) is 44.5 Å². The molecule has 2 heterocycles. The zero-order valence-electron chi connectivity index (χ0n) is 15.6. The van der Waals surface area contributed by atoms with Gasteiger partial charge in [-0.15, -0.1) is 12.4 Å². The van der Waals surface area contributed by atoms with Crippen LogP contribution in [0.2, 0.25) is 0 Å². The fourth-order valence-corrected chi connectivity index (χ4v) is 3.36. The Bertz CT molecular complexity index is 719. The normalized spacial score (nSPS) is 19.6. The predicted octanol–water partition coefficient (Wildman–Crippen LogP) is 1.61. The van der Waals surface area contributed by atoms with Crippen molar-refractivity contribution in [3.63, 3.8) is 0 Å². The molecule has 1 fully saturated rings. The lowest BCUT2D eigenvalue weighted by Gasteiger charge is -2.17. The van der Waals surface area contributed by atoms with Crippen LogP contribution < -0.4 is 10.6 Å². The van der Waals surface area contributed by atoms with Crippen LogP contribution in [0.25, 0.3) is 0 Å². The van der Waals surface area contributed by atoms with Crippen molar-refractivity contribution in [3.8, 4) is 0 Å². The second kappa shape index (κ2) is 9.30. The van der Waals surface area contributed by atoms with Crippen LogP contribution in [-0.4, -0.2) is 61.0 Å². The summed E-state index contributed by atoms with van der Waals surface area (Å²) in [6, 6.07) is 4.82. The second-order valence-corrected chi connectivity index (χ2v) is 6.79. The van der Waals surface area contributed by atoms with Crippen molar-refractivity contribution in [2.75, 3.05) is 26.2 Å². The third kappa shape index (κ3) is 4.66. The lowest BCUT2D eigenvalue weighted by atomic mass is 10.1. The molecule has 27 heavy (non-hydrogen) atoms. The zero-order chi connectivity index (χ0) is 18.7. The summed E-state index contributed by atoms with van der Waals surface area (Å²) in [6.45, 7) is 6.24. The number of carbonyl (C=O) groups excluding carboxylic acids is 3. The van der Waals surface area contributed by atoms with E-state index in [0.717, 1.165) is 19.4 Å². The molecule has 2 N–H and O–H groups in total. The molecule has 8 heteroatoms. The first-order valence-corrected chi connectivity index (χ1v) is 9.14. The Kier molecular flexibility index (Phi) is 7.35. The molecular formula is C19H26ClN3O4. The van der Waals surface area contributed by atoms with Crippen LogP contribution in [-0.2, 0) is 4.74 Å². The average molecular weight is 396 g/mol. The van der Waals surface area contributed by atoms with Gasteiger partial charge in [0.15, 0.2) is 0 Å². The molecule has 2 aliphatic rings. The molecule has 1 unspecified atom stereocenters. The van der Waals surface area contributed by atoms with Crippen LogP contribution in [0.3, 0.4) is 0 Å². The van der Waals surface area contributed by atoms with Crippen molar-refractivity contribution in [2.24, 2.45) is 0 Å². The first-order valence-electron chi connectivity index (χ1n) is 9.14. The minimum Gasteiger partial charge on any atom is -0.376 e. The van der Waals surface area contributed by atoms with Crippen molar-refractivity contribution in [3.05, 3.63) is 34.9 Å². The number of fused-ring (bicyclic) bond motifs is 1. The third-order valence-corrected chi connectivity index (χ3v) is 4.76. The number of carbonyl (C=O) groups is 3. The van der Waals surface area contributed by atoms with Gasteiger partial charge in [-0.1, -0.05) is 6.92 Å². The van der Waals surface area contributed by atoms with Crippen molar-refractivity contribution >= 4 is 30.1 Å². The van der Waals surface area contributed by atoms with Crippen LogP contribution in [0.5, 0.6) is 0 Å². The standard InChI is InChI=1S/C19H25N3O4.ClH/c1-3-20-12(2)10-21-17(23)13-6-7-15-16(9-13)19(25)22(18(15)24)11-14-5-4-8-26-14;/h6-7,9,12,14,20H,3-5,8,10-11H2,1-2H3,(H,21,23);1H/t12-,14?;/m1./s1. The van der Waals surface area contributed by atoms with Gasteiger partial charge in [0, 0.05) is 24.8 Å². The van der Waals surface area contributed by atoms with E-state index >= 15 is 0 Å². The summed E-state index contributed by atoms with van der Waals surface area (Å²) in [5.74, 6) is -0.917. The summed E-state index contributed by atoms with van der Waals surface area (Å²) in [5, 5.41) is 6.05. The molecule has 1 saturated heterocycles. The van der Waals surface area contributed by atoms with E-state index < -0.39 is 0 Å². The van der Waals surface area contributed by atoms with Crippen LogP contribution >= 0.6 is 12.4 Å². The van der Waals surface area contributed by atoms with E-state index in [2.05, 4.69) is 10.6 Å². The number of ether oxygens (including phenoxy) is 1. The van der Waals surface area contributed by atoms with Gasteiger partial charge in [0.25, 0.3) is 17.7 Å². The number of amides is 3. The van der Waals surface area contributed by atoms with E-state index in [1.807, 2.05) is 13.8 Å². The molecule has 0 radical (unpaired) electrons. The largest absolute Gasteiger partial charge is 0.376 e. The molecule has 3 amide bonds. The highest BCUT2D eigenvalue weighted by atomic mass is 35.5. The molecule has 7 nitrogen and oxygen atoms in total. The third-order valence-electron chi connectivity index (χ3n) is 4.76. The number of halogens is 1. The number of hydrogen-bond acceptors (Lipinski definition) is 5. The molecule has 0 aliphatic carbocycles. The summed E-state index contributed by atoms with van der Waals surface area (Å²) in [5.41, 5.74) is 1.03. The highest BCUT2D eigenvalue weighted by Gasteiger charge is 2.37. The van der Waals surface area contributed by atoms with E-state index in [4.69, 9.17) is 4.74 Å². The molecule has 1 aromatic carbocycles. The maximum Gasteiger partial charge on any atom is 0.261 e. The zero-order valence-corrected chi connectivity index (χ0v) is 16.4. The Morgan fingerprint density at radius 2 is 2.04 bits per heavy atom. The summed E-state index contributed by atoms with van der Waals surface area (Å²) in [6.07, 6.45) is 1.71. The highest BCUT2D eigenvalue weighted by Crippen LogP contribution is 2.26. The van der Waals surface area contributed by atoms with Gasteiger partial charge >= 0.3 is 0 Å². The van der Waals surface area contributed by atoms with Crippen molar-refractivity contribution in [2.45, 2.75) is 38.8 Å². The fraction of sp³-hybridized carbons (Fsp3) is 0.526. The fourth-order valence-electron chi connectivity index (χ4n) is 3.36. The molecule has 1 aromatic rings. The predicted molar refractivity (Wildman–Crippen MR) is 104 cm³/mol. The van der Waals surface area contributed by atoms with Crippen molar-refractivity contribution in [1.82, 2.24) is 15.5 Å². The molecule has 2 atom stereocenters. The SMILES string of the molecule is CCN[C@H](C)CNC(=O)c1ccc2c(c1)C(=O)N(CC1CCCO1)C2=O.Cl. The van der Waals surface area contributed by atoms with Gasteiger partial charge in [-0.25, -0.2) is 0 Å². The van der Waals surface area contributed by atoms with Crippen molar-refractivity contribution in [1.29, 1.82) is 0 Å². The Balaban J connectivity index is 0.00000261. The first kappa shape index (κ1) is 21.3. The highest BCUT2D eigenvalue weighted by molar-refractivity contribution is 6.22. The maximum absolute atomic E-state index is 12.6. The first-order chi connectivity index (χ1) is 12.5. The lowest BCUT2D eigenvalue weighted by molar-refractivity contribution is 0.0475. The Labute approximate surface area is 165 Å². The Morgan fingerprint density at radius 1 is 1.30 bits per heavy atom. The van der Waals surface area contributed by atoms with E-state index in [-0.39, 0.29) is 48.8 Å². The molecule has 148 valence electrons. The number of benzene rings is 1. The van der Waals surface area contributed by atoms with Gasteiger partial charge < -0.3 is 15.4 Å². The summed E-state index contributed by atoms with van der Waals surface area (Å²) < 4.78 is 5.53. The van der Waals surface area contributed by atoms with E-state index in [1.165, 1.54) is 11.0 Å². The molecule has 3 rings (SSSR count). The monoisotopic (exact) mass is 395 g/mol. The molecular weight excluding hydrogens is 370 g/mol. The van der Waals surface area contributed by atoms with Gasteiger partial charge in [-0.2, -0.15) is 0 Å². The molecule has 0 aromatic heterocycles. The number of hydrogen-bond donors (Lipinski definition) is 2. The molecule has 2 aliphatic heterocycles. The van der Waals surface area contributed by atoms with Crippen LogP contribution in [0.1, 0.15) is 57.8 Å². The average Bonchev–Trinajstić information content (AvgIpc) is 3.23. The smallest absolute Gasteiger partial charge is 0.261 e. The number of nitrogens with one attached hydrogen (secondary N) is 2. The van der Waals surface area contributed by atoms with Crippen LogP contribution in [0, 0.1) is 0 Å². The molecule has 0 saturated carbocycles. The summed E-state index contributed by atoms with van der Waals surface area (Å²) in [7, 11) is 0. The van der Waals surface area contributed by atoms with Gasteiger partial charge in [0.2, 0.25) is 0 Å². The number of likely N-dealkylation sites (N-methyl/N-ethyl adjacent to an activating group) is 1. The minimum absolute atomic E-state index is 0. The lowest BCUT2D eigenvalue weighted by Crippen LogP contribution is -2.38. The number of rotatable bonds is 7. The Hall–Kier alpha value is -1.96. The van der Waals surface area contributed by atoms with Gasteiger partial charge in [0.05, 0.1) is 23.8 Å². The quantitative estimate of drug-likeness (QED) is 0.685. The maximum atomic E-state index is 12.6. The topological polar surface area (TPSA) is 87.7 Å². The van der Waals surface area contributed by atoms with Crippen LogP contribution in [0.15, 0.2) is 18.2 Å². The minimum atomic E-state index is -0.351. The number of nitrogens with zero attached hydrogens (tertiary/aromatic N) is 1. The Morgan fingerprint density at radius 3 is 2.70 bits per heavy atom. The van der Waals surface area contributed by atoms with Crippen molar-refractivity contribution < 1.29 is 19.1 Å². The van der Waals surface area contributed by atoms with E-state index in [1.54, 1.807) is 12.1 Å². The van der Waals surface area contributed by atoms with E-state index in [9.17, 15) is 14.4 Å². The number of imide groups is 1. The van der Waals surface area contributed by atoms with E-state index in [0.29, 0.717) is 29.8 Å². The summed E-state index contributed by atoms with van der Waals surface area (Å²) >= 11 is 0. The molecule has 0 bridgehead atoms. The van der Waals surface area contributed by atoms with Crippen LogP contribution in [0.4, 0.5) is 0 Å². The van der Waals surface area contributed by atoms with Gasteiger partial charge in [0.1, 0.15) is 0 Å². The van der Waals surface area contributed by atoms with Gasteiger partial charge in [-0.3, -0.25) is 19.3 Å². The molecule has 0 spiro atoms.